The van der Waals surface area contributed by atoms with Crippen LogP contribution in [0.4, 0.5) is 20.3 Å². The third-order valence-electron chi connectivity index (χ3n) is 13.4. The van der Waals surface area contributed by atoms with Crippen molar-refractivity contribution in [1.82, 2.24) is 34.9 Å². The monoisotopic (exact) mass is 1010 g/mol. The van der Waals surface area contributed by atoms with Crippen LogP contribution in [0.1, 0.15) is 111 Å². The van der Waals surface area contributed by atoms with Crippen molar-refractivity contribution < 1.29 is 56.2 Å². The van der Waals surface area contributed by atoms with E-state index in [1.807, 2.05) is 6.07 Å². The number of anilines is 2. The second kappa shape index (κ2) is 23.6. The molecule has 0 radical (unpaired) electrons. The number of alkyl halides is 2. The first-order valence-electron chi connectivity index (χ1n) is 24.8. The number of nitrogens with zero attached hydrogens (tertiary/aromatic N) is 6. The van der Waals surface area contributed by atoms with E-state index in [0.717, 1.165) is 55.7 Å². The third-order valence-corrected chi connectivity index (χ3v) is 13.4. The second-order valence-electron chi connectivity index (χ2n) is 18.6. The molecule has 9 rings (SSSR count). The van der Waals surface area contributed by atoms with Crippen molar-refractivity contribution in [2.45, 2.75) is 70.3 Å². The molecule has 1 atom stereocenters. The van der Waals surface area contributed by atoms with Gasteiger partial charge in [-0.3, -0.25) is 39.0 Å². The summed E-state index contributed by atoms with van der Waals surface area (Å²) in [6.45, 7) is 5.89. The molecule has 3 aliphatic heterocycles. The van der Waals surface area contributed by atoms with Crippen LogP contribution >= 0.6 is 0 Å². The molecule has 2 saturated heterocycles. The van der Waals surface area contributed by atoms with Crippen LogP contribution in [0.2, 0.25) is 0 Å². The highest BCUT2D eigenvalue weighted by molar-refractivity contribution is 6.24. The van der Waals surface area contributed by atoms with Gasteiger partial charge in [0.15, 0.2) is 17.2 Å². The Morgan fingerprint density at radius 2 is 1.62 bits per heavy atom. The van der Waals surface area contributed by atoms with E-state index in [1.165, 1.54) is 23.7 Å². The molecule has 5 amide bonds. The van der Waals surface area contributed by atoms with Gasteiger partial charge in [-0.15, -0.1) is 0 Å². The molecule has 6 heterocycles. The molecule has 5 aromatic rings. The van der Waals surface area contributed by atoms with Gasteiger partial charge in [0.05, 0.1) is 61.7 Å². The van der Waals surface area contributed by atoms with Crippen molar-refractivity contribution in [3.63, 3.8) is 0 Å². The number of aromatic nitrogens is 4. The fourth-order valence-electron chi connectivity index (χ4n) is 9.20. The van der Waals surface area contributed by atoms with Crippen LogP contribution in [0.25, 0.3) is 17.1 Å². The van der Waals surface area contributed by atoms with Gasteiger partial charge in [-0.1, -0.05) is 12.1 Å². The van der Waals surface area contributed by atoms with Crippen molar-refractivity contribution in [2.24, 2.45) is 11.8 Å². The molecule has 1 aliphatic carbocycles. The highest BCUT2D eigenvalue weighted by Gasteiger charge is 2.45. The Morgan fingerprint density at radius 1 is 0.863 bits per heavy atom. The highest BCUT2D eigenvalue weighted by Crippen LogP contribution is 2.34. The molecule has 4 aliphatic rings. The normalized spacial score (nSPS) is 17.4. The number of nitrogens with one attached hydrogen (secondary N) is 3. The molecule has 3 fully saturated rings. The lowest BCUT2D eigenvalue weighted by Gasteiger charge is -2.32. The van der Waals surface area contributed by atoms with E-state index in [2.05, 4.69) is 35.9 Å². The number of Topliss-reactive ketones (excluding diaryl/α,β-unsaturated/α-hetero) is 1. The number of halogens is 2. The van der Waals surface area contributed by atoms with E-state index in [1.54, 1.807) is 54.7 Å². The Labute approximate surface area is 419 Å². The van der Waals surface area contributed by atoms with Crippen LogP contribution in [0, 0.1) is 11.8 Å². The van der Waals surface area contributed by atoms with Crippen LogP contribution in [0.3, 0.4) is 0 Å². The zero-order valence-corrected chi connectivity index (χ0v) is 40.2. The number of oxazole rings is 1. The van der Waals surface area contributed by atoms with Crippen LogP contribution in [-0.2, 0) is 30.2 Å². The zero-order valence-electron chi connectivity index (χ0n) is 40.2. The topological polar surface area (TPSA) is 229 Å². The van der Waals surface area contributed by atoms with Crippen molar-refractivity contribution in [3.05, 3.63) is 107 Å². The minimum absolute atomic E-state index is 0.0776. The number of hydrogen-bond acceptors (Lipinski definition) is 15. The molecule has 19 nitrogen and oxygen atoms in total. The zero-order chi connectivity index (χ0) is 50.8. The smallest absolute Gasteiger partial charge is 0.284 e. The number of imide groups is 2. The Morgan fingerprint density at radius 3 is 2.36 bits per heavy atom. The number of amides is 5. The molecule has 2 aromatic carbocycles. The van der Waals surface area contributed by atoms with E-state index in [9.17, 15) is 37.5 Å². The Balaban J connectivity index is 0.617. The second-order valence-corrected chi connectivity index (χ2v) is 18.6. The Hall–Kier alpha value is -7.07. The van der Waals surface area contributed by atoms with E-state index in [4.69, 9.17) is 18.6 Å². The van der Waals surface area contributed by atoms with E-state index >= 15 is 0 Å². The number of benzene rings is 2. The SMILES string of the molecule is O=C1CCC(N2C(=O)c3cccc(CC4CCN(CCOCCOCCOCCCC(=O)c5ccc(-n6cc(NC(=O)c7coc(-c8ccnc(NCC9CC9)c8)n7)c(C(F)F)n6)cc5)CC4)c3C2=O)C(=O)N1. The Bertz CT molecular complexity index is 2810. The van der Waals surface area contributed by atoms with Gasteiger partial charge in [0.2, 0.25) is 17.7 Å². The van der Waals surface area contributed by atoms with E-state index < -0.39 is 47.7 Å². The van der Waals surface area contributed by atoms with Crippen molar-refractivity contribution in [1.29, 1.82) is 0 Å². The standard InChI is InChI=1S/C52H57F2N9O10/c53-47(54)46-39(57-48(66)40-31-73-50(58-40)36-14-17-55-43(28-36)56-29-33-6-7-33)30-62(60-46)37-10-8-34(9-11-37)42(64)5-2-21-70-23-25-72-26-24-71-22-20-61-18-15-32(16-19-61)27-35-3-1-4-38-45(35)52(69)63(51(38)68)41-12-13-44(65)59-49(41)67/h1,3-4,8-11,14,17,28,30-33,41,47H,2,5-7,12-13,15-16,18-27,29H2,(H,55,56)(H,57,66)(H,59,65,67). The summed E-state index contributed by atoms with van der Waals surface area (Å²) in [6.07, 6.45) is 6.89. The first kappa shape index (κ1) is 50.9. The minimum Gasteiger partial charge on any atom is -0.444 e. The molecule has 0 spiro atoms. The molecule has 0 bridgehead atoms. The first-order valence-corrected chi connectivity index (χ1v) is 24.8. The average Bonchev–Trinajstić information content (AvgIpc) is 3.80. The molecule has 3 aromatic heterocycles. The number of pyridine rings is 1. The molecule has 1 unspecified atom stereocenters. The molecule has 3 N–H and O–H groups in total. The van der Waals surface area contributed by atoms with Crippen LogP contribution < -0.4 is 16.0 Å². The van der Waals surface area contributed by atoms with Crippen molar-refractivity contribution in [2.75, 3.05) is 76.5 Å². The van der Waals surface area contributed by atoms with Crippen molar-refractivity contribution >= 4 is 46.8 Å². The summed E-state index contributed by atoms with van der Waals surface area (Å²) in [5, 5.41) is 12.0. The lowest BCUT2D eigenvalue weighted by molar-refractivity contribution is -0.136. The molecule has 73 heavy (non-hydrogen) atoms. The quantitative estimate of drug-likeness (QED) is 0.0331. The summed E-state index contributed by atoms with van der Waals surface area (Å²) in [5.41, 5.74) is 2.01. The maximum atomic E-state index is 14.1. The summed E-state index contributed by atoms with van der Waals surface area (Å²) in [7, 11) is 0. The summed E-state index contributed by atoms with van der Waals surface area (Å²) >= 11 is 0. The summed E-state index contributed by atoms with van der Waals surface area (Å²) in [4.78, 5) is 88.8. The van der Waals surface area contributed by atoms with Crippen LogP contribution in [0.5, 0.6) is 0 Å². The number of piperidine rings is 2. The molecule has 21 heteroatoms. The number of ether oxygens (including phenoxy) is 3. The predicted molar refractivity (Wildman–Crippen MR) is 259 cm³/mol. The predicted octanol–water partition coefficient (Wildman–Crippen LogP) is 6.30. The lowest BCUT2D eigenvalue weighted by Crippen LogP contribution is -2.54. The Kier molecular flexibility index (Phi) is 16.5. The van der Waals surface area contributed by atoms with Gasteiger partial charge in [-0.05, 0) is 118 Å². The third kappa shape index (κ3) is 12.8. The van der Waals surface area contributed by atoms with Gasteiger partial charge in [0.25, 0.3) is 24.1 Å². The number of hydrogen-bond donors (Lipinski definition) is 3. The average molecular weight is 1010 g/mol. The number of rotatable bonds is 25. The van der Waals surface area contributed by atoms with E-state index in [-0.39, 0.29) is 42.3 Å². The van der Waals surface area contributed by atoms with Gasteiger partial charge in [0, 0.05) is 49.9 Å². The molecular formula is C52H57F2N9O10. The fourth-order valence-corrected chi connectivity index (χ4v) is 9.20. The first-order chi connectivity index (χ1) is 35.5. The van der Waals surface area contributed by atoms with Gasteiger partial charge in [-0.2, -0.15) is 5.10 Å². The number of fused-ring (bicyclic) bond motifs is 1. The van der Waals surface area contributed by atoms with Gasteiger partial charge in [-0.25, -0.2) is 23.4 Å². The van der Waals surface area contributed by atoms with Gasteiger partial charge < -0.3 is 34.2 Å². The van der Waals surface area contributed by atoms with Crippen molar-refractivity contribution in [3.8, 4) is 17.1 Å². The van der Waals surface area contributed by atoms with Crippen LogP contribution in [0.15, 0.2) is 77.7 Å². The maximum absolute atomic E-state index is 14.1. The lowest BCUT2D eigenvalue weighted by atomic mass is 9.87. The molecular weight excluding hydrogens is 949 g/mol. The molecule has 384 valence electrons. The van der Waals surface area contributed by atoms with Gasteiger partial charge >= 0.3 is 0 Å². The highest BCUT2D eigenvalue weighted by atomic mass is 19.3. The summed E-state index contributed by atoms with van der Waals surface area (Å²) in [6, 6.07) is 14.1. The maximum Gasteiger partial charge on any atom is 0.284 e. The number of carbonyl (C=O) groups excluding carboxylic acids is 6. The van der Waals surface area contributed by atoms with Gasteiger partial charge in [0.1, 0.15) is 18.1 Å². The summed E-state index contributed by atoms with van der Waals surface area (Å²) in [5.74, 6) is -1.02. The fraction of sp³-hybridized carbons (Fsp3) is 0.442. The summed E-state index contributed by atoms with van der Waals surface area (Å²) < 4.78 is 52.0. The largest absolute Gasteiger partial charge is 0.444 e. The number of likely N-dealkylation sites (tertiary alicyclic amines) is 1. The number of ketones is 1. The minimum atomic E-state index is -2.99. The molecule has 1 saturated carbocycles. The van der Waals surface area contributed by atoms with Crippen LogP contribution in [-0.4, -0.2) is 137 Å². The van der Waals surface area contributed by atoms with E-state index in [0.29, 0.717) is 98.1 Å². The number of carbonyl (C=O) groups is 6.